The van der Waals surface area contributed by atoms with Gasteiger partial charge in [-0.25, -0.2) is 0 Å². The number of benzene rings is 1. The summed E-state index contributed by atoms with van der Waals surface area (Å²) in [5.41, 5.74) is 0.516. The van der Waals surface area contributed by atoms with Gasteiger partial charge in [0.25, 0.3) is 0 Å². The maximum absolute atomic E-state index is 13.4. The average Bonchev–Trinajstić information content (AvgIpc) is 2.63. The van der Waals surface area contributed by atoms with Crippen molar-refractivity contribution >= 4 is 11.9 Å². The molecule has 1 unspecified atom stereocenters. The molecule has 0 spiro atoms. The second-order valence-corrected chi connectivity index (χ2v) is 6.85. The lowest BCUT2D eigenvalue weighted by Gasteiger charge is -2.44. The maximum Gasteiger partial charge on any atom is 0.322 e. The number of amides is 1. The molecule has 0 aromatic heterocycles. The number of hydrogen-bond acceptors (Lipinski definition) is 4. The summed E-state index contributed by atoms with van der Waals surface area (Å²) in [6, 6.07) is 9.28. The van der Waals surface area contributed by atoms with Crippen molar-refractivity contribution in [2.24, 2.45) is 0 Å². The Morgan fingerprint density at radius 2 is 1.83 bits per heavy atom. The molecule has 0 radical (unpaired) electrons. The molecule has 2 aliphatic heterocycles. The molecule has 130 valence electrons. The number of piperidine rings is 1. The van der Waals surface area contributed by atoms with Crippen molar-refractivity contribution in [1.29, 1.82) is 0 Å². The summed E-state index contributed by atoms with van der Waals surface area (Å²) in [7, 11) is 2.07. The van der Waals surface area contributed by atoms with E-state index in [-0.39, 0.29) is 12.5 Å². The lowest BCUT2D eigenvalue weighted by molar-refractivity contribution is -0.145. The topological polar surface area (TPSA) is 72.9 Å². The molecular formula is C18H25N3O3. The highest BCUT2D eigenvalue weighted by Crippen LogP contribution is 2.37. The van der Waals surface area contributed by atoms with Gasteiger partial charge in [-0.05, 0) is 38.5 Å². The van der Waals surface area contributed by atoms with Crippen LogP contribution in [0.4, 0.5) is 0 Å². The molecule has 2 saturated heterocycles. The second-order valence-electron chi connectivity index (χ2n) is 6.85. The first kappa shape index (κ1) is 16.9. The van der Waals surface area contributed by atoms with E-state index in [2.05, 4.69) is 17.3 Å². The molecule has 6 heteroatoms. The summed E-state index contributed by atoms with van der Waals surface area (Å²) >= 11 is 0. The zero-order chi connectivity index (χ0) is 17.2. The van der Waals surface area contributed by atoms with Crippen LogP contribution in [0, 0.1) is 0 Å². The fourth-order valence-electron chi connectivity index (χ4n) is 3.79. The third-order valence-electron chi connectivity index (χ3n) is 5.34. The van der Waals surface area contributed by atoms with Crippen molar-refractivity contribution in [2.75, 3.05) is 39.8 Å². The number of nitrogens with zero attached hydrogens (tertiary/aromatic N) is 2. The number of carboxylic acid groups (broad SMARTS) is 1. The quantitative estimate of drug-likeness (QED) is 0.846. The molecule has 6 nitrogen and oxygen atoms in total. The van der Waals surface area contributed by atoms with E-state index in [1.165, 1.54) is 0 Å². The molecule has 1 aromatic rings. The molecule has 0 aliphatic carbocycles. The fourth-order valence-corrected chi connectivity index (χ4v) is 3.79. The van der Waals surface area contributed by atoms with E-state index < -0.39 is 17.4 Å². The van der Waals surface area contributed by atoms with Gasteiger partial charge in [-0.15, -0.1) is 0 Å². The van der Waals surface area contributed by atoms with Crippen molar-refractivity contribution in [3.05, 3.63) is 35.9 Å². The van der Waals surface area contributed by atoms with Crippen LogP contribution in [0.25, 0.3) is 0 Å². The van der Waals surface area contributed by atoms with Crippen LogP contribution in [0.5, 0.6) is 0 Å². The molecular weight excluding hydrogens is 306 g/mol. The Kier molecular flexibility index (Phi) is 4.87. The number of rotatable bonds is 3. The minimum Gasteiger partial charge on any atom is -0.480 e. The van der Waals surface area contributed by atoms with Crippen LogP contribution >= 0.6 is 0 Å². The zero-order valence-corrected chi connectivity index (χ0v) is 14.1. The van der Waals surface area contributed by atoms with E-state index in [0.717, 1.165) is 31.5 Å². The molecule has 2 aliphatic rings. The number of aliphatic carboxylic acids is 1. The summed E-state index contributed by atoms with van der Waals surface area (Å²) in [5.74, 6) is -0.820. The van der Waals surface area contributed by atoms with Gasteiger partial charge in [0.15, 0.2) is 0 Å². The first-order chi connectivity index (χ1) is 11.5. The standard InChI is InChI=1S/C18H25N3O3/c1-20-10-7-18(8-11-20,14-5-3-2-4-6-14)17(24)21-12-9-19-15(13-21)16(22)23/h2-6,15,19H,7-13H2,1H3,(H,22,23). The van der Waals surface area contributed by atoms with Crippen molar-refractivity contribution in [1.82, 2.24) is 15.1 Å². The molecule has 2 heterocycles. The average molecular weight is 331 g/mol. The molecule has 1 amide bonds. The molecule has 24 heavy (non-hydrogen) atoms. The summed E-state index contributed by atoms with van der Waals surface area (Å²) in [6.45, 7) is 3.06. The first-order valence-electron chi connectivity index (χ1n) is 8.52. The number of nitrogens with one attached hydrogen (secondary N) is 1. The van der Waals surface area contributed by atoms with Crippen LogP contribution < -0.4 is 5.32 Å². The molecule has 1 atom stereocenters. The van der Waals surface area contributed by atoms with Gasteiger partial charge < -0.3 is 20.2 Å². The summed E-state index contributed by atoms with van der Waals surface area (Å²) < 4.78 is 0. The largest absolute Gasteiger partial charge is 0.480 e. The van der Waals surface area contributed by atoms with Crippen molar-refractivity contribution in [2.45, 2.75) is 24.3 Å². The highest BCUT2D eigenvalue weighted by Gasteiger charge is 2.45. The summed E-state index contributed by atoms with van der Waals surface area (Å²) in [5, 5.41) is 12.2. The molecule has 0 bridgehead atoms. The fraction of sp³-hybridized carbons (Fsp3) is 0.556. The van der Waals surface area contributed by atoms with Crippen molar-refractivity contribution in [3.63, 3.8) is 0 Å². The third kappa shape index (κ3) is 3.16. The molecule has 3 rings (SSSR count). The van der Waals surface area contributed by atoms with Crippen LogP contribution in [0.15, 0.2) is 30.3 Å². The molecule has 1 aromatic carbocycles. The van der Waals surface area contributed by atoms with Crippen LogP contribution in [0.3, 0.4) is 0 Å². The monoisotopic (exact) mass is 331 g/mol. The van der Waals surface area contributed by atoms with Crippen molar-refractivity contribution < 1.29 is 14.7 Å². The van der Waals surface area contributed by atoms with Crippen LogP contribution in [0.2, 0.25) is 0 Å². The predicted octanol–water partition coefficient (Wildman–Crippen LogP) is 0.535. The highest BCUT2D eigenvalue weighted by atomic mass is 16.4. The van der Waals surface area contributed by atoms with E-state index in [9.17, 15) is 14.7 Å². The number of carbonyl (C=O) groups excluding carboxylic acids is 1. The lowest BCUT2D eigenvalue weighted by atomic mass is 9.71. The highest BCUT2D eigenvalue weighted by molar-refractivity contribution is 5.89. The predicted molar refractivity (Wildman–Crippen MR) is 90.9 cm³/mol. The minimum atomic E-state index is -0.898. The Bertz CT molecular complexity index is 597. The van der Waals surface area contributed by atoms with Crippen LogP contribution in [0.1, 0.15) is 18.4 Å². The smallest absolute Gasteiger partial charge is 0.322 e. The molecule has 0 saturated carbocycles. The number of piperazine rings is 1. The molecule has 2 fully saturated rings. The Labute approximate surface area is 142 Å². The maximum atomic E-state index is 13.4. The van der Waals surface area contributed by atoms with Gasteiger partial charge in [-0.2, -0.15) is 0 Å². The minimum absolute atomic E-state index is 0.0783. The van der Waals surface area contributed by atoms with Gasteiger partial charge in [-0.3, -0.25) is 9.59 Å². The third-order valence-corrected chi connectivity index (χ3v) is 5.34. The van der Waals surface area contributed by atoms with Crippen LogP contribution in [-0.2, 0) is 15.0 Å². The van der Waals surface area contributed by atoms with Gasteiger partial charge in [0.2, 0.25) is 5.91 Å². The Morgan fingerprint density at radius 1 is 1.17 bits per heavy atom. The normalized spacial score (nSPS) is 24.5. The van der Waals surface area contributed by atoms with Gasteiger partial charge in [-0.1, -0.05) is 30.3 Å². The van der Waals surface area contributed by atoms with Gasteiger partial charge in [0.1, 0.15) is 6.04 Å². The number of hydrogen-bond donors (Lipinski definition) is 2. The Balaban J connectivity index is 1.88. The lowest BCUT2D eigenvalue weighted by Crippen LogP contribution is -2.60. The Morgan fingerprint density at radius 3 is 2.46 bits per heavy atom. The van der Waals surface area contributed by atoms with E-state index in [1.807, 2.05) is 30.3 Å². The summed E-state index contributed by atoms with van der Waals surface area (Å²) in [4.78, 5) is 28.7. The van der Waals surface area contributed by atoms with E-state index in [4.69, 9.17) is 0 Å². The first-order valence-corrected chi connectivity index (χ1v) is 8.52. The molecule has 2 N–H and O–H groups in total. The second kappa shape index (κ2) is 6.91. The Hall–Kier alpha value is -1.92. The zero-order valence-electron chi connectivity index (χ0n) is 14.1. The van der Waals surface area contributed by atoms with Gasteiger partial charge in [0, 0.05) is 19.6 Å². The van der Waals surface area contributed by atoms with E-state index in [0.29, 0.717) is 13.1 Å². The van der Waals surface area contributed by atoms with Gasteiger partial charge >= 0.3 is 5.97 Å². The van der Waals surface area contributed by atoms with Crippen LogP contribution in [-0.4, -0.2) is 72.6 Å². The summed E-state index contributed by atoms with van der Waals surface area (Å²) in [6.07, 6.45) is 1.54. The van der Waals surface area contributed by atoms with E-state index >= 15 is 0 Å². The number of likely N-dealkylation sites (tertiary alicyclic amines) is 1. The number of carboxylic acids is 1. The SMILES string of the molecule is CN1CCC(C(=O)N2CCNC(C(=O)O)C2)(c2ccccc2)CC1. The van der Waals surface area contributed by atoms with Gasteiger partial charge in [0.05, 0.1) is 5.41 Å². The van der Waals surface area contributed by atoms with E-state index in [1.54, 1.807) is 4.90 Å². The number of carbonyl (C=O) groups is 2. The van der Waals surface area contributed by atoms with Crippen molar-refractivity contribution in [3.8, 4) is 0 Å².